The van der Waals surface area contributed by atoms with Gasteiger partial charge in [-0.05, 0) is 47.0 Å². The van der Waals surface area contributed by atoms with Gasteiger partial charge in [0, 0.05) is 0 Å². The summed E-state index contributed by atoms with van der Waals surface area (Å²) in [5, 5.41) is 7.46. The minimum Gasteiger partial charge on any atom is -0.314 e. The first-order valence-electron chi connectivity index (χ1n) is 11.1. The molecule has 0 atom stereocenters. The summed E-state index contributed by atoms with van der Waals surface area (Å²) in [5.41, 5.74) is 7.61. The molecule has 0 saturated carbocycles. The van der Waals surface area contributed by atoms with E-state index >= 15 is 0 Å². The topological polar surface area (TPSA) is 59.3 Å². The van der Waals surface area contributed by atoms with E-state index in [0.717, 1.165) is 32.9 Å². The minimum atomic E-state index is -0.163. The van der Waals surface area contributed by atoms with Crippen LogP contribution in [0.3, 0.4) is 0 Å². The monoisotopic (exact) mass is 464 g/mol. The number of thioether (sulfide) groups is 1. The summed E-state index contributed by atoms with van der Waals surface area (Å²) in [4.78, 5) is 17.3. The van der Waals surface area contributed by atoms with E-state index in [0.29, 0.717) is 6.54 Å². The van der Waals surface area contributed by atoms with Crippen LogP contribution in [0.1, 0.15) is 18.1 Å². The summed E-state index contributed by atoms with van der Waals surface area (Å²) >= 11 is 1.42. The molecule has 1 amide bonds. The van der Waals surface area contributed by atoms with Crippen molar-refractivity contribution >= 4 is 45.2 Å². The lowest BCUT2D eigenvalue weighted by Gasteiger charge is -2.09. The molecule has 4 aromatic carbocycles. The first-order chi connectivity index (χ1) is 16.7. The summed E-state index contributed by atoms with van der Waals surface area (Å²) in [6.45, 7) is 2.60. The van der Waals surface area contributed by atoms with Gasteiger partial charge in [-0.3, -0.25) is 4.79 Å². The summed E-state index contributed by atoms with van der Waals surface area (Å²) in [6.07, 6.45) is 0. The van der Waals surface area contributed by atoms with Crippen molar-refractivity contribution < 1.29 is 4.79 Å². The molecule has 5 rings (SSSR count). The molecule has 168 valence electrons. The number of amides is 1. The van der Waals surface area contributed by atoms with E-state index in [4.69, 9.17) is 4.98 Å². The molecule has 1 heterocycles. The van der Waals surface area contributed by atoms with E-state index in [9.17, 15) is 4.79 Å². The van der Waals surface area contributed by atoms with Gasteiger partial charge in [0.05, 0.1) is 29.0 Å². The fourth-order valence-electron chi connectivity index (χ4n) is 3.87. The Hall–Kier alpha value is -3.90. The van der Waals surface area contributed by atoms with E-state index in [2.05, 4.69) is 57.6 Å². The van der Waals surface area contributed by atoms with Crippen molar-refractivity contribution in [3.63, 3.8) is 0 Å². The molecule has 0 fully saturated rings. The number of nitrogens with zero attached hydrogens (tertiary/aromatic N) is 3. The summed E-state index contributed by atoms with van der Waals surface area (Å²) in [6, 6.07) is 32.7. The van der Waals surface area contributed by atoms with Crippen LogP contribution < -0.4 is 5.43 Å². The van der Waals surface area contributed by atoms with Crippen molar-refractivity contribution in [1.82, 2.24) is 15.0 Å². The Morgan fingerprint density at radius 3 is 2.50 bits per heavy atom. The molecule has 0 bridgehead atoms. The van der Waals surface area contributed by atoms with E-state index < -0.39 is 0 Å². The molecule has 1 aromatic heterocycles. The highest BCUT2D eigenvalue weighted by Crippen LogP contribution is 2.25. The van der Waals surface area contributed by atoms with Gasteiger partial charge in [-0.15, -0.1) is 0 Å². The van der Waals surface area contributed by atoms with Crippen LogP contribution in [0.15, 0.2) is 107 Å². The van der Waals surface area contributed by atoms with Crippen LogP contribution >= 0.6 is 11.8 Å². The van der Waals surface area contributed by atoms with Crippen molar-refractivity contribution in [2.45, 2.75) is 18.6 Å². The number of nitrogens with one attached hydrogen (secondary N) is 1. The van der Waals surface area contributed by atoms with Gasteiger partial charge in [0.1, 0.15) is 0 Å². The lowest BCUT2D eigenvalue weighted by Crippen LogP contribution is -2.21. The number of hydrogen-bond acceptors (Lipinski definition) is 4. The number of para-hydroxylation sites is 2. The van der Waals surface area contributed by atoms with Gasteiger partial charge in [0.2, 0.25) is 0 Å². The highest BCUT2D eigenvalue weighted by atomic mass is 32.2. The van der Waals surface area contributed by atoms with Crippen molar-refractivity contribution in [2.75, 3.05) is 5.75 Å². The number of hydrogen-bond donors (Lipinski definition) is 1. The minimum absolute atomic E-state index is 0.163. The normalized spacial score (nSPS) is 11.7. The number of benzene rings is 4. The van der Waals surface area contributed by atoms with Crippen molar-refractivity contribution in [3.8, 4) is 0 Å². The summed E-state index contributed by atoms with van der Waals surface area (Å²) in [5.74, 6) is 0.0653. The van der Waals surface area contributed by atoms with Crippen molar-refractivity contribution in [1.29, 1.82) is 0 Å². The zero-order chi connectivity index (χ0) is 23.3. The molecule has 0 spiro atoms. The second-order valence-corrected chi connectivity index (χ2v) is 8.98. The number of carbonyl (C=O) groups is 1. The van der Waals surface area contributed by atoms with Crippen LogP contribution in [0.25, 0.3) is 21.8 Å². The smallest absolute Gasteiger partial charge is 0.250 e. The third-order valence-electron chi connectivity index (χ3n) is 5.65. The molecule has 0 saturated heterocycles. The van der Waals surface area contributed by atoms with Crippen LogP contribution in [0.2, 0.25) is 0 Å². The lowest BCUT2D eigenvalue weighted by molar-refractivity contribution is -0.118. The molecule has 6 heteroatoms. The summed E-state index contributed by atoms with van der Waals surface area (Å²) < 4.78 is 2.16. The third kappa shape index (κ3) is 4.87. The number of hydrazone groups is 1. The molecule has 0 radical (unpaired) electrons. The maximum absolute atomic E-state index is 12.6. The molecule has 34 heavy (non-hydrogen) atoms. The Balaban J connectivity index is 1.28. The predicted octanol–water partition coefficient (Wildman–Crippen LogP) is 5.87. The number of imidazole rings is 1. The van der Waals surface area contributed by atoms with Gasteiger partial charge in [-0.1, -0.05) is 90.6 Å². The average Bonchev–Trinajstić information content (AvgIpc) is 3.23. The van der Waals surface area contributed by atoms with Gasteiger partial charge < -0.3 is 4.57 Å². The molecular weight excluding hydrogens is 440 g/mol. The van der Waals surface area contributed by atoms with Gasteiger partial charge >= 0.3 is 0 Å². The Morgan fingerprint density at radius 2 is 1.65 bits per heavy atom. The Kier molecular flexibility index (Phi) is 6.40. The Morgan fingerprint density at radius 1 is 0.912 bits per heavy atom. The van der Waals surface area contributed by atoms with Crippen molar-refractivity contribution in [2.24, 2.45) is 5.10 Å². The van der Waals surface area contributed by atoms with Crippen LogP contribution in [-0.4, -0.2) is 26.9 Å². The number of rotatable bonds is 7. The van der Waals surface area contributed by atoms with E-state index in [1.807, 2.05) is 61.5 Å². The molecule has 0 aliphatic carbocycles. The largest absolute Gasteiger partial charge is 0.314 e. The molecular formula is C28H24N4OS. The van der Waals surface area contributed by atoms with Crippen LogP contribution in [0.5, 0.6) is 0 Å². The average molecular weight is 465 g/mol. The van der Waals surface area contributed by atoms with Gasteiger partial charge in [-0.25, -0.2) is 10.4 Å². The van der Waals surface area contributed by atoms with Crippen LogP contribution in [0.4, 0.5) is 0 Å². The van der Waals surface area contributed by atoms with Crippen molar-refractivity contribution in [3.05, 3.63) is 108 Å². The molecule has 0 unspecified atom stereocenters. The maximum Gasteiger partial charge on any atom is 0.250 e. The Labute approximate surface area is 202 Å². The standard InChI is InChI=1S/C28H24N4OS/c1-20(23-16-15-22-11-5-6-12-24(22)17-23)30-31-27(33)19-34-28-29-25-13-7-8-14-26(25)32(28)18-21-9-3-2-4-10-21/h2-17H,18-19H2,1H3,(H,31,33)/b30-20-. The molecule has 0 aliphatic heterocycles. The van der Waals surface area contributed by atoms with E-state index in [1.54, 1.807) is 0 Å². The highest BCUT2D eigenvalue weighted by Gasteiger charge is 2.13. The first kappa shape index (κ1) is 21.9. The van der Waals surface area contributed by atoms with Gasteiger partial charge in [0.25, 0.3) is 5.91 Å². The quantitative estimate of drug-likeness (QED) is 0.186. The highest BCUT2D eigenvalue weighted by molar-refractivity contribution is 7.99. The number of fused-ring (bicyclic) bond motifs is 2. The second-order valence-electron chi connectivity index (χ2n) is 8.04. The predicted molar refractivity (Wildman–Crippen MR) is 140 cm³/mol. The van der Waals surface area contributed by atoms with Gasteiger partial charge in [0.15, 0.2) is 5.16 Å². The molecule has 0 aliphatic rings. The third-order valence-corrected chi connectivity index (χ3v) is 6.63. The van der Waals surface area contributed by atoms with Crippen LogP contribution in [0, 0.1) is 0 Å². The van der Waals surface area contributed by atoms with E-state index in [-0.39, 0.29) is 11.7 Å². The fourth-order valence-corrected chi connectivity index (χ4v) is 4.68. The van der Waals surface area contributed by atoms with E-state index in [1.165, 1.54) is 22.7 Å². The summed E-state index contributed by atoms with van der Waals surface area (Å²) in [7, 11) is 0. The van der Waals surface area contributed by atoms with Gasteiger partial charge in [-0.2, -0.15) is 5.10 Å². The molecule has 5 aromatic rings. The lowest BCUT2D eigenvalue weighted by atomic mass is 10.0. The fraction of sp³-hybridized carbons (Fsp3) is 0.107. The molecule has 1 N–H and O–H groups in total. The zero-order valence-corrected chi connectivity index (χ0v) is 19.6. The van der Waals surface area contributed by atoms with Crippen LogP contribution in [-0.2, 0) is 11.3 Å². The molecule has 5 nitrogen and oxygen atoms in total. The number of aromatic nitrogens is 2. The zero-order valence-electron chi connectivity index (χ0n) is 18.8. The number of carbonyl (C=O) groups excluding carboxylic acids is 1. The Bertz CT molecular complexity index is 1490. The SMILES string of the molecule is C/C(=N/NC(=O)CSc1nc2ccccc2n1Cc1ccccc1)c1ccc2ccccc2c1. The maximum atomic E-state index is 12.6. The second kappa shape index (κ2) is 9.93. The first-order valence-corrected chi connectivity index (χ1v) is 12.1.